The molecule has 20 heavy (non-hydrogen) atoms. The van der Waals surface area contributed by atoms with Crippen LogP contribution in [0.5, 0.6) is 0 Å². The van der Waals surface area contributed by atoms with Gasteiger partial charge in [-0.25, -0.2) is 0 Å². The van der Waals surface area contributed by atoms with Gasteiger partial charge in [-0.3, -0.25) is 0 Å². The fourth-order valence-corrected chi connectivity index (χ4v) is 3.36. The van der Waals surface area contributed by atoms with Gasteiger partial charge in [-0.1, -0.05) is 51.4 Å². The molecule has 2 rings (SSSR count). The molecule has 1 aromatic rings. The third kappa shape index (κ3) is 3.67. The molecule has 1 fully saturated rings. The number of nitrogens with one attached hydrogen (secondary N) is 1. The molecule has 2 atom stereocenters. The molecule has 0 aromatic heterocycles. The third-order valence-electron chi connectivity index (χ3n) is 4.12. The van der Waals surface area contributed by atoms with E-state index in [1.807, 2.05) is 12.1 Å². The fourth-order valence-electron chi connectivity index (χ4n) is 3.12. The highest BCUT2D eigenvalue weighted by Crippen LogP contribution is 2.31. The molecule has 0 bridgehead atoms. The van der Waals surface area contributed by atoms with Crippen molar-refractivity contribution in [1.29, 1.82) is 0 Å². The highest BCUT2D eigenvalue weighted by Gasteiger charge is 2.31. The van der Waals surface area contributed by atoms with Crippen LogP contribution >= 0.6 is 11.6 Å². The zero-order chi connectivity index (χ0) is 14.7. The molecular weight excluding hydrogens is 268 g/mol. The highest BCUT2D eigenvalue weighted by atomic mass is 35.5. The molecule has 0 amide bonds. The number of hydrogen-bond donors (Lipinski definition) is 1. The van der Waals surface area contributed by atoms with Gasteiger partial charge in [0.1, 0.15) is 0 Å². The summed E-state index contributed by atoms with van der Waals surface area (Å²) in [4.78, 5) is 2.51. The number of anilines is 1. The van der Waals surface area contributed by atoms with Gasteiger partial charge in [0.05, 0.1) is 10.7 Å². The molecule has 0 saturated carbocycles. The molecule has 1 saturated heterocycles. The monoisotopic (exact) mass is 294 g/mol. The van der Waals surface area contributed by atoms with Crippen LogP contribution in [-0.4, -0.2) is 25.2 Å². The van der Waals surface area contributed by atoms with Gasteiger partial charge < -0.3 is 10.2 Å². The second-order valence-electron chi connectivity index (χ2n) is 6.65. The lowest BCUT2D eigenvalue weighted by molar-refractivity contribution is 0.310. The number of piperazine rings is 1. The van der Waals surface area contributed by atoms with Crippen molar-refractivity contribution < 1.29 is 0 Å². The predicted molar refractivity (Wildman–Crippen MR) is 88.7 cm³/mol. The zero-order valence-electron chi connectivity index (χ0n) is 13.1. The van der Waals surface area contributed by atoms with Crippen LogP contribution in [0.25, 0.3) is 0 Å². The minimum Gasteiger partial charge on any atom is -0.364 e. The number of halogens is 1. The Morgan fingerprint density at radius 3 is 2.55 bits per heavy atom. The van der Waals surface area contributed by atoms with Gasteiger partial charge >= 0.3 is 0 Å². The van der Waals surface area contributed by atoms with Crippen molar-refractivity contribution in [3.63, 3.8) is 0 Å². The van der Waals surface area contributed by atoms with Crippen LogP contribution in [0.3, 0.4) is 0 Å². The lowest BCUT2D eigenvalue weighted by atomic mass is 9.94. The molecule has 3 heteroatoms. The van der Waals surface area contributed by atoms with Crippen molar-refractivity contribution in [2.24, 2.45) is 11.8 Å². The molecule has 1 aliphatic rings. The van der Waals surface area contributed by atoms with E-state index in [9.17, 15) is 0 Å². The van der Waals surface area contributed by atoms with E-state index in [-0.39, 0.29) is 0 Å². The van der Waals surface area contributed by atoms with Crippen LogP contribution in [0.4, 0.5) is 5.69 Å². The van der Waals surface area contributed by atoms with Crippen LogP contribution in [0, 0.1) is 11.8 Å². The van der Waals surface area contributed by atoms with Crippen LogP contribution in [-0.2, 0) is 0 Å². The molecule has 0 radical (unpaired) electrons. The van der Waals surface area contributed by atoms with E-state index in [0.29, 0.717) is 18.0 Å². The number of benzene rings is 1. The van der Waals surface area contributed by atoms with Gasteiger partial charge in [-0.15, -0.1) is 0 Å². The van der Waals surface area contributed by atoms with Crippen LogP contribution in [0.2, 0.25) is 5.02 Å². The summed E-state index contributed by atoms with van der Waals surface area (Å²) in [6, 6.07) is 9.30. The highest BCUT2D eigenvalue weighted by molar-refractivity contribution is 6.33. The topological polar surface area (TPSA) is 15.3 Å². The Labute approximate surface area is 128 Å². The number of hydrogen-bond acceptors (Lipinski definition) is 2. The van der Waals surface area contributed by atoms with E-state index >= 15 is 0 Å². The molecule has 1 aromatic carbocycles. The molecule has 2 nitrogen and oxygen atoms in total. The van der Waals surface area contributed by atoms with E-state index in [4.69, 9.17) is 11.6 Å². The smallest absolute Gasteiger partial charge is 0.0639 e. The van der Waals surface area contributed by atoms with Gasteiger partial charge in [0.25, 0.3) is 0 Å². The Morgan fingerprint density at radius 2 is 1.95 bits per heavy atom. The van der Waals surface area contributed by atoms with Gasteiger partial charge in [0.2, 0.25) is 0 Å². The third-order valence-corrected chi connectivity index (χ3v) is 4.44. The maximum atomic E-state index is 6.42. The second-order valence-corrected chi connectivity index (χ2v) is 7.06. The summed E-state index contributed by atoms with van der Waals surface area (Å²) in [7, 11) is 0. The van der Waals surface area contributed by atoms with Crippen LogP contribution < -0.4 is 10.2 Å². The Balaban J connectivity index is 2.21. The van der Waals surface area contributed by atoms with Crippen molar-refractivity contribution in [1.82, 2.24) is 5.32 Å². The Kier molecular flexibility index (Phi) is 5.34. The van der Waals surface area contributed by atoms with Crippen molar-refractivity contribution in [3.8, 4) is 0 Å². The average molecular weight is 295 g/mol. The maximum absolute atomic E-state index is 6.42. The molecule has 1 aliphatic heterocycles. The standard InChI is InChI=1S/C17H27ClN2/c1-12(2)9-14-11-20(17(10-19-14)13(3)4)16-8-6-5-7-15(16)18/h5-8,12-14,17,19H,9-11H2,1-4H3. The summed E-state index contributed by atoms with van der Waals surface area (Å²) < 4.78 is 0. The molecular formula is C17H27ClN2. The predicted octanol–water partition coefficient (Wildman–Crippen LogP) is 4.19. The minimum atomic E-state index is 0.512. The van der Waals surface area contributed by atoms with Crippen molar-refractivity contribution in [2.75, 3.05) is 18.0 Å². The lowest BCUT2D eigenvalue weighted by Gasteiger charge is -2.44. The molecule has 112 valence electrons. The summed E-state index contributed by atoms with van der Waals surface area (Å²) in [6.07, 6.45) is 1.21. The van der Waals surface area contributed by atoms with Gasteiger partial charge in [0, 0.05) is 25.2 Å². The van der Waals surface area contributed by atoms with Crippen molar-refractivity contribution in [2.45, 2.75) is 46.2 Å². The fraction of sp³-hybridized carbons (Fsp3) is 0.647. The largest absolute Gasteiger partial charge is 0.364 e. The summed E-state index contributed by atoms with van der Waals surface area (Å²) >= 11 is 6.42. The summed E-state index contributed by atoms with van der Waals surface area (Å²) in [6.45, 7) is 11.2. The van der Waals surface area contributed by atoms with Crippen molar-refractivity contribution >= 4 is 17.3 Å². The van der Waals surface area contributed by atoms with E-state index in [0.717, 1.165) is 24.0 Å². The van der Waals surface area contributed by atoms with Crippen molar-refractivity contribution in [3.05, 3.63) is 29.3 Å². The average Bonchev–Trinajstić information content (AvgIpc) is 2.38. The van der Waals surface area contributed by atoms with Gasteiger partial charge in [0.15, 0.2) is 0 Å². The molecule has 1 N–H and O–H groups in total. The Bertz CT molecular complexity index is 431. The molecule has 2 unspecified atom stereocenters. The second kappa shape index (κ2) is 6.82. The molecule has 1 heterocycles. The SMILES string of the molecule is CC(C)CC1CN(c2ccccc2Cl)C(C(C)C)CN1. The number of para-hydroxylation sites is 1. The summed E-state index contributed by atoms with van der Waals surface area (Å²) in [5, 5.41) is 4.58. The van der Waals surface area contributed by atoms with Crippen LogP contribution in [0.1, 0.15) is 34.1 Å². The number of rotatable bonds is 4. The minimum absolute atomic E-state index is 0.512. The molecule has 0 spiro atoms. The Hall–Kier alpha value is -0.730. The van der Waals surface area contributed by atoms with Crippen LogP contribution in [0.15, 0.2) is 24.3 Å². The maximum Gasteiger partial charge on any atom is 0.0639 e. The summed E-state index contributed by atoms with van der Waals surface area (Å²) in [5.41, 5.74) is 1.18. The first kappa shape index (κ1) is 15.7. The van der Waals surface area contributed by atoms with E-state index in [1.54, 1.807) is 0 Å². The van der Waals surface area contributed by atoms with E-state index in [1.165, 1.54) is 12.1 Å². The Morgan fingerprint density at radius 1 is 1.25 bits per heavy atom. The number of nitrogens with zero attached hydrogens (tertiary/aromatic N) is 1. The normalized spacial score (nSPS) is 23.6. The lowest BCUT2D eigenvalue weighted by Crippen LogP contribution is -2.58. The zero-order valence-corrected chi connectivity index (χ0v) is 13.8. The quantitative estimate of drug-likeness (QED) is 0.896. The summed E-state index contributed by atoms with van der Waals surface area (Å²) in [5.74, 6) is 1.33. The van der Waals surface area contributed by atoms with E-state index < -0.39 is 0 Å². The first-order chi connectivity index (χ1) is 9.49. The first-order valence-electron chi connectivity index (χ1n) is 7.73. The first-order valence-corrected chi connectivity index (χ1v) is 8.11. The van der Waals surface area contributed by atoms with Gasteiger partial charge in [-0.2, -0.15) is 0 Å². The van der Waals surface area contributed by atoms with Gasteiger partial charge in [-0.05, 0) is 30.4 Å². The van der Waals surface area contributed by atoms with E-state index in [2.05, 4.69) is 50.0 Å². The molecule has 0 aliphatic carbocycles.